The van der Waals surface area contributed by atoms with Crippen LogP contribution in [0.25, 0.3) is 11.1 Å². The summed E-state index contributed by atoms with van der Waals surface area (Å²) in [5, 5.41) is 5.98. The summed E-state index contributed by atoms with van der Waals surface area (Å²) in [6.07, 6.45) is -0.534. The maximum Gasteiger partial charge on any atom is 0.414 e. The summed E-state index contributed by atoms with van der Waals surface area (Å²) in [5.41, 5.74) is -0.491. The van der Waals surface area contributed by atoms with Gasteiger partial charge in [0.15, 0.2) is 0 Å². The molecule has 0 aromatic heterocycles. The predicted octanol–water partition coefficient (Wildman–Crippen LogP) is 4.42. The van der Waals surface area contributed by atoms with E-state index >= 15 is 0 Å². The molecule has 8 nitrogen and oxygen atoms in total. The Kier molecular flexibility index (Phi) is 7.52. The van der Waals surface area contributed by atoms with E-state index in [1.54, 1.807) is 18.2 Å². The highest BCUT2D eigenvalue weighted by atomic mass is 19.1. The number of hydrogen-bond acceptors (Lipinski definition) is 6. The molecule has 1 aliphatic rings. The number of halogens is 3. The van der Waals surface area contributed by atoms with Gasteiger partial charge in [0.2, 0.25) is 5.91 Å². The minimum atomic E-state index is -1.02. The fourth-order valence-corrected chi connectivity index (χ4v) is 3.63. The first-order valence-corrected chi connectivity index (χ1v) is 11.0. The molecule has 3 aromatic carbocycles. The summed E-state index contributed by atoms with van der Waals surface area (Å²) in [4.78, 5) is 40.9. The first-order valence-electron chi connectivity index (χ1n) is 11.0. The molecule has 4 rings (SSSR count). The predicted molar refractivity (Wildman–Crippen MR) is 128 cm³/mol. The second kappa shape index (κ2) is 10.9. The topological polar surface area (TPSA) is 97.3 Å². The molecule has 1 aliphatic heterocycles. The van der Waals surface area contributed by atoms with Crippen molar-refractivity contribution in [1.29, 1.82) is 0 Å². The van der Waals surface area contributed by atoms with Gasteiger partial charge in [-0.2, -0.15) is 0 Å². The summed E-state index contributed by atoms with van der Waals surface area (Å²) in [6.45, 7) is 1.34. The zero-order valence-corrected chi connectivity index (χ0v) is 19.4. The van der Waals surface area contributed by atoms with E-state index in [4.69, 9.17) is 9.57 Å². The monoisotopic (exact) mass is 511 g/mol. The molecule has 2 amide bonds. The van der Waals surface area contributed by atoms with Crippen molar-refractivity contribution in [2.45, 2.75) is 13.0 Å². The highest BCUT2D eigenvalue weighted by Gasteiger charge is 2.33. The van der Waals surface area contributed by atoms with Crippen molar-refractivity contribution < 1.29 is 37.1 Å². The highest BCUT2D eigenvalue weighted by Crippen LogP contribution is 2.32. The number of rotatable bonds is 7. The van der Waals surface area contributed by atoms with Crippen LogP contribution in [0.1, 0.15) is 22.8 Å². The van der Waals surface area contributed by atoms with Crippen LogP contribution in [-0.4, -0.2) is 43.4 Å². The number of carbonyl (C=O) groups is 3. The number of ether oxygens (including phenoxy) is 1. The largest absolute Gasteiger partial charge is 0.442 e. The molecular weight excluding hydrogens is 491 g/mol. The van der Waals surface area contributed by atoms with E-state index in [2.05, 4.69) is 10.5 Å². The molecule has 1 atom stereocenters. The maximum absolute atomic E-state index is 14.9. The molecule has 190 valence electrons. The summed E-state index contributed by atoms with van der Waals surface area (Å²) in [6, 6.07) is 13.4. The Labute approximate surface area is 209 Å². The van der Waals surface area contributed by atoms with Crippen molar-refractivity contribution in [1.82, 2.24) is 5.32 Å². The highest BCUT2D eigenvalue weighted by molar-refractivity contribution is 5.91. The van der Waals surface area contributed by atoms with E-state index in [1.165, 1.54) is 31.2 Å². The molecule has 0 spiro atoms. The van der Waals surface area contributed by atoms with E-state index in [0.29, 0.717) is 0 Å². The number of oxime groups is 1. The lowest BCUT2D eigenvalue weighted by molar-refractivity contribution is -0.119. The molecule has 0 unspecified atom stereocenters. The molecule has 0 bridgehead atoms. The zero-order valence-electron chi connectivity index (χ0n) is 19.4. The van der Waals surface area contributed by atoms with E-state index in [9.17, 15) is 27.6 Å². The van der Waals surface area contributed by atoms with Crippen LogP contribution in [-0.2, 0) is 14.4 Å². The number of benzene rings is 3. The number of carbonyl (C=O) groups excluding carboxylic acids is 3. The van der Waals surface area contributed by atoms with Gasteiger partial charge in [0.1, 0.15) is 23.6 Å². The molecule has 1 fully saturated rings. The maximum atomic E-state index is 14.9. The molecule has 1 saturated heterocycles. The van der Waals surface area contributed by atoms with Crippen molar-refractivity contribution >= 4 is 29.9 Å². The summed E-state index contributed by atoms with van der Waals surface area (Å²) in [5.74, 6) is -3.95. The van der Waals surface area contributed by atoms with Crippen LogP contribution in [0, 0.1) is 17.5 Å². The van der Waals surface area contributed by atoms with E-state index in [1.807, 2.05) is 0 Å². The second-order valence-corrected chi connectivity index (χ2v) is 8.05. The SMILES string of the molecule is CC(=O)NC[C@H]1CN(c2cc(F)c(-c3ccc(C=NOC(=O)c4ccccc4)c(F)c3)c(F)c2)C(=O)O1. The Hall–Kier alpha value is -4.67. The average molecular weight is 511 g/mol. The van der Waals surface area contributed by atoms with Crippen molar-refractivity contribution in [2.24, 2.45) is 5.16 Å². The Balaban J connectivity index is 1.48. The van der Waals surface area contributed by atoms with Crippen molar-refractivity contribution in [3.8, 4) is 11.1 Å². The van der Waals surface area contributed by atoms with Gasteiger partial charge in [0, 0.05) is 12.5 Å². The molecule has 1 heterocycles. The molecule has 37 heavy (non-hydrogen) atoms. The quantitative estimate of drug-likeness (QED) is 0.288. The molecular formula is C26H20F3N3O5. The Morgan fingerprint density at radius 2 is 1.78 bits per heavy atom. The van der Waals surface area contributed by atoms with Gasteiger partial charge in [-0.3, -0.25) is 9.69 Å². The van der Waals surface area contributed by atoms with Crippen LogP contribution in [0.15, 0.2) is 65.8 Å². The second-order valence-electron chi connectivity index (χ2n) is 8.05. The van der Waals surface area contributed by atoms with Crippen molar-refractivity contribution in [3.63, 3.8) is 0 Å². The van der Waals surface area contributed by atoms with E-state index < -0.39 is 41.2 Å². The summed E-state index contributed by atoms with van der Waals surface area (Å²) < 4.78 is 49.6. The van der Waals surface area contributed by atoms with E-state index in [-0.39, 0.29) is 41.4 Å². The molecule has 0 aliphatic carbocycles. The molecule has 3 aromatic rings. The van der Waals surface area contributed by atoms with Gasteiger partial charge in [0.25, 0.3) is 0 Å². The number of amides is 2. The third kappa shape index (κ3) is 5.95. The molecule has 11 heteroatoms. The lowest BCUT2D eigenvalue weighted by Gasteiger charge is -2.15. The van der Waals surface area contributed by atoms with Gasteiger partial charge in [-0.15, -0.1) is 0 Å². The van der Waals surface area contributed by atoms with Gasteiger partial charge in [0.05, 0.1) is 36.1 Å². The van der Waals surface area contributed by atoms with Crippen molar-refractivity contribution in [3.05, 3.63) is 89.2 Å². The fraction of sp³-hybridized carbons (Fsp3) is 0.154. The third-order valence-corrected chi connectivity index (χ3v) is 5.42. The van der Waals surface area contributed by atoms with Crippen molar-refractivity contribution in [2.75, 3.05) is 18.0 Å². The lowest BCUT2D eigenvalue weighted by atomic mass is 10.0. The van der Waals surface area contributed by atoms with Crippen LogP contribution in [0.2, 0.25) is 0 Å². The van der Waals surface area contributed by atoms with Gasteiger partial charge in [-0.05, 0) is 42.0 Å². The minimum Gasteiger partial charge on any atom is -0.442 e. The Bertz CT molecular complexity index is 1360. The molecule has 1 N–H and O–H groups in total. The molecule has 0 saturated carbocycles. The number of nitrogens with zero attached hydrogens (tertiary/aromatic N) is 2. The minimum absolute atomic E-state index is 0.0190. The van der Waals surface area contributed by atoms with Gasteiger partial charge in [-0.25, -0.2) is 22.8 Å². The summed E-state index contributed by atoms with van der Waals surface area (Å²) >= 11 is 0. The third-order valence-electron chi connectivity index (χ3n) is 5.42. The first kappa shape index (κ1) is 25.4. The average Bonchev–Trinajstić information content (AvgIpc) is 3.24. The summed E-state index contributed by atoms with van der Waals surface area (Å²) in [7, 11) is 0. The zero-order chi connectivity index (χ0) is 26.5. The first-order chi connectivity index (χ1) is 17.7. The number of cyclic esters (lactones) is 1. The van der Waals surface area contributed by atoms with E-state index in [0.717, 1.165) is 29.3 Å². The lowest BCUT2D eigenvalue weighted by Crippen LogP contribution is -2.33. The van der Waals surface area contributed by atoms with Crippen LogP contribution in [0.4, 0.5) is 23.7 Å². The molecule has 0 radical (unpaired) electrons. The Morgan fingerprint density at radius 3 is 2.43 bits per heavy atom. The van der Waals surface area contributed by atoms with Gasteiger partial charge in [-0.1, -0.05) is 29.4 Å². The van der Waals surface area contributed by atoms with Crippen LogP contribution in [0.5, 0.6) is 0 Å². The van der Waals surface area contributed by atoms with Crippen LogP contribution in [0.3, 0.4) is 0 Å². The smallest absolute Gasteiger partial charge is 0.414 e. The number of anilines is 1. The van der Waals surface area contributed by atoms with Crippen LogP contribution >= 0.6 is 0 Å². The fourth-order valence-electron chi connectivity index (χ4n) is 3.63. The van der Waals surface area contributed by atoms with Crippen LogP contribution < -0.4 is 10.2 Å². The van der Waals surface area contributed by atoms with Gasteiger partial charge >= 0.3 is 12.1 Å². The number of nitrogens with one attached hydrogen (secondary N) is 1. The Morgan fingerprint density at radius 1 is 1.08 bits per heavy atom. The number of hydrogen-bond donors (Lipinski definition) is 1. The normalized spacial score (nSPS) is 15.1. The van der Waals surface area contributed by atoms with Gasteiger partial charge < -0.3 is 14.9 Å². The standard InChI is InChI=1S/C26H20F3N3O5/c1-15(33)30-13-20-14-32(26(35)36-20)19-10-22(28)24(23(29)11-19)17-7-8-18(21(27)9-17)12-31-37-25(34)16-5-3-2-4-6-16/h2-12,20H,13-14H2,1H3,(H,30,33)/t20-/m0/s1.